The molecule has 77 heavy (non-hydrogen) atoms. The smallest absolute Gasteiger partial charge is 0.187 e. The molecule has 0 spiro atoms. The lowest BCUT2D eigenvalue weighted by Gasteiger charge is -2.72. The van der Waals surface area contributed by atoms with Gasteiger partial charge in [0.25, 0.3) is 0 Å². The third-order valence-corrected chi connectivity index (χ3v) is 21.7. The van der Waals surface area contributed by atoms with Crippen LogP contribution in [0.5, 0.6) is 0 Å². The zero-order chi connectivity index (χ0) is 56.3. The molecular weight excluding hydrogens is 1020 g/mol. The monoisotopic (exact) mass is 1110 g/mol. The highest BCUT2D eigenvalue weighted by Gasteiger charge is 2.71. The van der Waals surface area contributed by atoms with Gasteiger partial charge in [0.2, 0.25) is 0 Å². The first-order valence-electron chi connectivity index (χ1n) is 27.9. The molecule has 4 aliphatic heterocycles. The van der Waals surface area contributed by atoms with Crippen LogP contribution in [0.4, 0.5) is 0 Å². The molecule has 0 aromatic carbocycles. The Kier molecular flexibility index (Phi) is 17.3. The molecule has 5 aliphatic carbocycles. The van der Waals surface area contributed by atoms with E-state index in [4.69, 9.17) is 37.9 Å². The van der Waals surface area contributed by atoms with E-state index in [2.05, 4.69) is 40.7 Å². The van der Waals surface area contributed by atoms with Gasteiger partial charge in [0, 0.05) is 10.8 Å². The second kappa shape index (κ2) is 22.1. The van der Waals surface area contributed by atoms with Crippen molar-refractivity contribution in [1.82, 2.24) is 0 Å². The van der Waals surface area contributed by atoms with Crippen LogP contribution in [0.2, 0.25) is 0 Å². The molecule has 0 amide bonds. The fourth-order valence-corrected chi connectivity index (χ4v) is 16.7. The van der Waals surface area contributed by atoms with Gasteiger partial charge < -0.3 is 114 Å². The van der Waals surface area contributed by atoms with E-state index in [1.54, 1.807) is 0 Å². The van der Waals surface area contributed by atoms with Crippen LogP contribution in [0.15, 0.2) is 11.6 Å². The van der Waals surface area contributed by atoms with Gasteiger partial charge in [-0.25, -0.2) is 0 Å². The summed E-state index contributed by atoms with van der Waals surface area (Å²) in [5.41, 5.74) is -1.13. The first kappa shape index (κ1) is 60.4. The summed E-state index contributed by atoms with van der Waals surface area (Å²) in [6, 6.07) is 0. The van der Waals surface area contributed by atoms with Crippen LogP contribution in [-0.2, 0) is 37.9 Å². The number of hydrogen-bond donors (Lipinski definition) is 15. The van der Waals surface area contributed by atoms with Gasteiger partial charge in [0.1, 0.15) is 91.6 Å². The Morgan fingerprint density at radius 3 is 1.61 bits per heavy atom. The summed E-state index contributed by atoms with van der Waals surface area (Å²) in [5.74, 6) is 0.0362. The Hall–Kier alpha value is -1.18. The molecule has 4 saturated carbocycles. The van der Waals surface area contributed by atoms with E-state index in [-0.39, 0.29) is 52.6 Å². The molecule has 23 nitrogen and oxygen atoms in total. The number of fused-ring (bicyclic) bond motifs is 7. The molecule has 0 aromatic rings. The van der Waals surface area contributed by atoms with Gasteiger partial charge in [0.15, 0.2) is 25.2 Å². The van der Waals surface area contributed by atoms with E-state index in [1.165, 1.54) is 12.5 Å². The molecule has 23 heteroatoms. The second-order valence-electron chi connectivity index (χ2n) is 26.3. The van der Waals surface area contributed by atoms with Crippen molar-refractivity contribution in [3.8, 4) is 0 Å². The van der Waals surface area contributed by atoms with Crippen molar-refractivity contribution in [2.75, 3.05) is 33.0 Å². The zero-order valence-corrected chi connectivity index (χ0v) is 45.4. The fraction of sp³-hybridized carbons (Fsp3) is 0.963. The number of hydrogen-bond acceptors (Lipinski definition) is 23. The van der Waals surface area contributed by atoms with Crippen molar-refractivity contribution in [1.29, 1.82) is 0 Å². The lowest BCUT2D eigenvalue weighted by atomic mass is 9.33. The van der Waals surface area contributed by atoms with E-state index in [9.17, 15) is 76.6 Å². The van der Waals surface area contributed by atoms with Crippen LogP contribution in [0, 0.1) is 50.2 Å². The summed E-state index contributed by atoms with van der Waals surface area (Å²) in [5, 5.41) is 165. The minimum Gasteiger partial charge on any atom is -0.396 e. The average Bonchev–Trinajstić information content (AvgIpc) is 3.45. The van der Waals surface area contributed by atoms with Crippen LogP contribution >= 0.6 is 0 Å². The maximum absolute atomic E-state index is 12.2. The van der Waals surface area contributed by atoms with E-state index in [1.807, 2.05) is 6.92 Å². The number of ether oxygens (including phenoxy) is 8. The molecule has 30 unspecified atom stereocenters. The third-order valence-electron chi connectivity index (χ3n) is 21.7. The fourth-order valence-electron chi connectivity index (χ4n) is 16.7. The zero-order valence-electron chi connectivity index (χ0n) is 45.4. The Morgan fingerprint density at radius 1 is 0.506 bits per heavy atom. The largest absolute Gasteiger partial charge is 0.396 e. The van der Waals surface area contributed by atoms with E-state index in [0.29, 0.717) is 25.7 Å². The van der Waals surface area contributed by atoms with Crippen molar-refractivity contribution < 1.29 is 114 Å². The maximum atomic E-state index is 12.2. The van der Waals surface area contributed by atoms with Gasteiger partial charge in [-0.3, -0.25) is 0 Å². The lowest BCUT2D eigenvalue weighted by Crippen LogP contribution is -2.69. The number of allylic oxidation sites excluding steroid dienone is 2. The van der Waals surface area contributed by atoms with E-state index < -0.39 is 166 Å². The molecule has 0 bridgehead atoms. The van der Waals surface area contributed by atoms with Crippen LogP contribution in [0.25, 0.3) is 0 Å². The van der Waals surface area contributed by atoms with Crippen LogP contribution in [-0.4, -0.2) is 245 Å². The maximum Gasteiger partial charge on any atom is 0.187 e. The summed E-state index contributed by atoms with van der Waals surface area (Å²) in [4.78, 5) is 0. The molecule has 4 heterocycles. The Morgan fingerprint density at radius 2 is 1.05 bits per heavy atom. The van der Waals surface area contributed by atoms with Gasteiger partial charge in [-0.1, -0.05) is 53.2 Å². The summed E-state index contributed by atoms with van der Waals surface area (Å²) >= 11 is 0. The predicted octanol–water partition coefficient (Wildman–Crippen LogP) is -2.59. The number of aliphatic hydroxyl groups is 15. The lowest BCUT2D eigenvalue weighted by molar-refractivity contribution is -0.403. The standard InChI is InChI=1S/C54H90O23/c1-23-33(61)43(76-47-41(69)38(66)42(28(20-57)73-47)75-45-39(67)36(64)34(62)26(18-55)71-45)44(77-46-40(68)37(65)35(63)27(19-56)72-46)48(70-23)74-32-11-12-50(4)29(51(32,5)21-58)10-13-52(6)30(50)9-8-24-25-16-49(2,3)14-15-54(25,22-59)31(60)17-53(24,52)7/h8,23,25-48,55-69H,9-22H2,1-7H3. The normalized spacial score (nSPS) is 55.8. The van der Waals surface area contributed by atoms with E-state index >= 15 is 0 Å². The number of rotatable bonds is 13. The minimum absolute atomic E-state index is 0.0348. The first-order valence-corrected chi connectivity index (χ1v) is 27.9. The summed E-state index contributed by atoms with van der Waals surface area (Å²) < 4.78 is 49.0. The van der Waals surface area contributed by atoms with Crippen molar-refractivity contribution in [3.63, 3.8) is 0 Å². The third kappa shape index (κ3) is 9.74. The molecule has 0 aromatic heterocycles. The average molecular weight is 1110 g/mol. The highest BCUT2D eigenvalue weighted by atomic mass is 16.8. The van der Waals surface area contributed by atoms with Crippen LogP contribution in [0.1, 0.15) is 106 Å². The highest BCUT2D eigenvalue weighted by molar-refractivity contribution is 5.35. The van der Waals surface area contributed by atoms with Crippen LogP contribution < -0.4 is 0 Å². The predicted molar refractivity (Wildman–Crippen MR) is 264 cm³/mol. The molecule has 9 aliphatic rings. The van der Waals surface area contributed by atoms with Gasteiger partial charge in [0.05, 0.1) is 51.3 Å². The SMILES string of the molecule is CC1OC(OC2CCC3(C)C(CCC4(C)C3CC=C3C5CC(C)(C)CCC5(CO)C(O)CC34C)C2(C)CO)C(OC2OC(CO)C(O)C(O)C2O)C(OC2OC(CO)C(OC3OC(CO)C(O)C(O)C3O)C(O)C2O)C1O. The van der Waals surface area contributed by atoms with Gasteiger partial charge in [-0.15, -0.1) is 0 Å². The Bertz CT molecular complexity index is 2070. The van der Waals surface area contributed by atoms with Gasteiger partial charge >= 0.3 is 0 Å². The molecule has 15 N–H and O–H groups in total. The second-order valence-corrected chi connectivity index (χ2v) is 26.3. The summed E-state index contributed by atoms with van der Waals surface area (Å²) in [7, 11) is 0. The van der Waals surface area contributed by atoms with Gasteiger partial charge in [-0.2, -0.15) is 0 Å². The minimum atomic E-state index is -2.06. The molecule has 4 saturated heterocycles. The quantitative estimate of drug-likeness (QED) is 0.0665. The highest BCUT2D eigenvalue weighted by Crippen LogP contribution is 2.76. The molecule has 8 fully saturated rings. The molecule has 0 radical (unpaired) electrons. The van der Waals surface area contributed by atoms with Crippen molar-refractivity contribution in [2.45, 2.75) is 241 Å². The van der Waals surface area contributed by atoms with Crippen molar-refractivity contribution >= 4 is 0 Å². The van der Waals surface area contributed by atoms with Crippen molar-refractivity contribution in [2.24, 2.45) is 50.2 Å². The Labute approximate surface area is 449 Å². The molecule has 9 rings (SSSR count). The van der Waals surface area contributed by atoms with E-state index in [0.717, 1.165) is 32.1 Å². The molecule has 30 atom stereocenters. The van der Waals surface area contributed by atoms with Crippen molar-refractivity contribution in [3.05, 3.63) is 11.6 Å². The summed E-state index contributed by atoms with van der Waals surface area (Å²) in [6.07, 6.45) is -27.2. The Balaban J connectivity index is 0.997. The molecule has 444 valence electrons. The van der Waals surface area contributed by atoms with Crippen LogP contribution in [0.3, 0.4) is 0 Å². The van der Waals surface area contributed by atoms with Gasteiger partial charge in [-0.05, 0) is 104 Å². The number of aliphatic hydroxyl groups excluding tert-OH is 15. The first-order chi connectivity index (χ1) is 36.1. The molecular formula is C54H90O23. The topological polar surface area (TPSA) is 377 Å². The summed E-state index contributed by atoms with van der Waals surface area (Å²) in [6.45, 7) is 12.2.